The van der Waals surface area contributed by atoms with Gasteiger partial charge in [-0.2, -0.15) is 0 Å². The van der Waals surface area contributed by atoms with Crippen LogP contribution >= 0.6 is 27.7 Å². The fraction of sp³-hybridized carbons (Fsp3) is 0.148. The fourth-order valence-corrected chi connectivity index (χ4v) is 4.59. The first-order valence-electron chi connectivity index (χ1n) is 11.1. The molecule has 7 nitrogen and oxygen atoms in total. The molecule has 0 radical (unpaired) electrons. The average molecular weight is 567 g/mol. The molecule has 0 aromatic heterocycles. The zero-order valence-corrected chi connectivity index (χ0v) is 22.0. The third-order valence-corrected chi connectivity index (χ3v) is 6.80. The maximum atomic E-state index is 12.8. The second kappa shape index (κ2) is 11.5. The van der Waals surface area contributed by atoms with Crippen molar-refractivity contribution in [2.24, 2.45) is 4.99 Å². The van der Waals surface area contributed by atoms with Crippen LogP contribution in [-0.4, -0.2) is 40.7 Å². The van der Waals surface area contributed by atoms with Gasteiger partial charge in [-0.25, -0.2) is 9.79 Å². The van der Waals surface area contributed by atoms with Crippen LogP contribution in [0.5, 0.6) is 11.5 Å². The number of carboxylic acid groups (broad SMARTS) is 1. The molecule has 1 amide bonds. The van der Waals surface area contributed by atoms with Crippen LogP contribution in [0, 0.1) is 0 Å². The summed E-state index contributed by atoms with van der Waals surface area (Å²) in [6.45, 7) is 2.78. The van der Waals surface area contributed by atoms with E-state index >= 15 is 0 Å². The van der Waals surface area contributed by atoms with Crippen molar-refractivity contribution >= 4 is 56.5 Å². The zero-order chi connectivity index (χ0) is 25.7. The van der Waals surface area contributed by atoms with E-state index in [-0.39, 0.29) is 11.5 Å². The van der Waals surface area contributed by atoms with Gasteiger partial charge in [0, 0.05) is 11.5 Å². The van der Waals surface area contributed by atoms with Crippen molar-refractivity contribution in [3.63, 3.8) is 0 Å². The highest BCUT2D eigenvalue weighted by molar-refractivity contribution is 9.10. The number of carbonyl (C=O) groups excluding carboxylic acids is 1. The Hall–Kier alpha value is -3.56. The maximum Gasteiger partial charge on any atom is 0.335 e. The van der Waals surface area contributed by atoms with Gasteiger partial charge in [0.25, 0.3) is 5.91 Å². The van der Waals surface area contributed by atoms with Crippen molar-refractivity contribution in [3.05, 3.63) is 92.8 Å². The molecule has 0 spiro atoms. The van der Waals surface area contributed by atoms with E-state index in [1.807, 2.05) is 49.4 Å². The van der Waals surface area contributed by atoms with Crippen LogP contribution in [0.3, 0.4) is 0 Å². The number of halogens is 1. The predicted molar refractivity (Wildman–Crippen MR) is 145 cm³/mol. The van der Waals surface area contributed by atoms with E-state index in [0.717, 1.165) is 15.6 Å². The molecule has 0 aliphatic carbocycles. The number of aliphatic imine (C=N–C) groups is 1. The van der Waals surface area contributed by atoms with E-state index in [1.54, 1.807) is 25.3 Å². The SMILES string of the molecule is CCOc1cc(C=C2SC(=Nc3ccc(C(=O)O)cc3)N(C)C2=O)ccc1OCc1ccc(Br)cc1. The number of thioether (sulfide) groups is 1. The molecule has 0 saturated carbocycles. The summed E-state index contributed by atoms with van der Waals surface area (Å²) in [4.78, 5) is 30.4. The monoisotopic (exact) mass is 566 g/mol. The number of ether oxygens (including phenoxy) is 2. The number of amides is 1. The molecule has 184 valence electrons. The number of aromatic carboxylic acids is 1. The van der Waals surface area contributed by atoms with E-state index in [0.29, 0.717) is 40.5 Å². The van der Waals surface area contributed by atoms with Gasteiger partial charge in [0.15, 0.2) is 16.7 Å². The third-order valence-electron chi connectivity index (χ3n) is 5.22. The molecule has 1 N–H and O–H groups in total. The van der Waals surface area contributed by atoms with Gasteiger partial charge in [0.1, 0.15) is 6.61 Å². The first kappa shape index (κ1) is 25.5. The molecule has 1 fully saturated rings. The van der Waals surface area contributed by atoms with Gasteiger partial charge in [0.2, 0.25) is 0 Å². The molecule has 0 atom stereocenters. The third kappa shape index (κ3) is 6.16. The first-order chi connectivity index (χ1) is 17.3. The van der Waals surface area contributed by atoms with Crippen LogP contribution in [0.4, 0.5) is 5.69 Å². The predicted octanol–water partition coefficient (Wildman–Crippen LogP) is 6.36. The van der Waals surface area contributed by atoms with Crippen molar-refractivity contribution in [2.45, 2.75) is 13.5 Å². The summed E-state index contributed by atoms with van der Waals surface area (Å²) < 4.78 is 12.8. The lowest BCUT2D eigenvalue weighted by atomic mass is 10.1. The quantitative estimate of drug-likeness (QED) is 0.319. The second-order valence-corrected chi connectivity index (χ2v) is 9.70. The number of carbonyl (C=O) groups is 2. The van der Waals surface area contributed by atoms with Crippen molar-refractivity contribution < 1.29 is 24.2 Å². The number of amidine groups is 1. The maximum absolute atomic E-state index is 12.8. The Morgan fingerprint density at radius 1 is 1.06 bits per heavy atom. The van der Waals surface area contributed by atoms with Crippen LogP contribution in [0.2, 0.25) is 0 Å². The van der Waals surface area contributed by atoms with E-state index in [2.05, 4.69) is 20.9 Å². The minimum atomic E-state index is -1.00. The Morgan fingerprint density at radius 2 is 1.78 bits per heavy atom. The fourth-order valence-electron chi connectivity index (χ4n) is 3.34. The van der Waals surface area contributed by atoms with E-state index in [4.69, 9.17) is 14.6 Å². The number of hydrogen-bond donors (Lipinski definition) is 1. The zero-order valence-electron chi connectivity index (χ0n) is 19.6. The molecule has 4 rings (SSSR count). The number of likely N-dealkylation sites (N-methyl/N-ethyl adjacent to an activating group) is 1. The second-order valence-electron chi connectivity index (χ2n) is 7.78. The van der Waals surface area contributed by atoms with Gasteiger partial charge in [0.05, 0.1) is 22.8 Å². The molecule has 1 heterocycles. The van der Waals surface area contributed by atoms with E-state index in [1.165, 1.54) is 28.8 Å². The number of hydrogen-bond acceptors (Lipinski definition) is 6. The highest BCUT2D eigenvalue weighted by Gasteiger charge is 2.30. The van der Waals surface area contributed by atoms with Crippen LogP contribution < -0.4 is 9.47 Å². The van der Waals surface area contributed by atoms with Gasteiger partial charge in [-0.05, 0) is 84.4 Å². The minimum Gasteiger partial charge on any atom is -0.490 e. The van der Waals surface area contributed by atoms with Gasteiger partial charge < -0.3 is 14.6 Å². The van der Waals surface area contributed by atoms with Crippen LogP contribution in [0.15, 0.2) is 81.1 Å². The highest BCUT2D eigenvalue weighted by Crippen LogP contribution is 2.35. The van der Waals surface area contributed by atoms with Gasteiger partial charge >= 0.3 is 5.97 Å². The summed E-state index contributed by atoms with van der Waals surface area (Å²) in [7, 11) is 1.66. The summed E-state index contributed by atoms with van der Waals surface area (Å²) in [6.07, 6.45) is 1.79. The number of benzene rings is 3. The van der Waals surface area contributed by atoms with Crippen LogP contribution in [0.1, 0.15) is 28.4 Å². The van der Waals surface area contributed by atoms with Crippen molar-refractivity contribution in [3.8, 4) is 11.5 Å². The van der Waals surface area contributed by atoms with Crippen molar-refractivity contribution in [1.82, 2.24) is 4.90 Å². The average Bonchev–Trinajstić information content (AvgIpc) is 3.12. The number of carboxylic acids is 1. The highest BCUT2D eigenvalue weighted by atomic mass is 79.9. The Kier molecular flexibility index (Phi) is 8.12. The molecule has 0 bridgehead atoms. The largest absolute Gasteiger partial charge is 0.490 e. The Labute approximate surface area is 221 Å². The molecule has 36 heavy (non-hydrogen) atoms. The molecule has 3 aromatic carbocycles. The Balaban J connectivity index is 1.52. The summed E-state index contributed by atoms with van der Waals surface area (Å²) in [5.41, 5.74) is 2.57. The van der Waals surface area contributed by atoms with Gasteiger partial charge in [-0.3, -0.25) is 9.69 Å². The summed E-state index contributed by atoms with van der Waals surface area (Å²) in [5, 5.41) is 9.56. The van der Waals surface area contributed by atoms with Gasteiger partial charge in [-0.15, -0.1) is 0 Å². The molecule has 1 saturated heterocycles. The smallest absolute Gasteiger partial charge is 0.335 e. The summed E-state index contributed by atoms with van der Waals surface area (Å²) >= 11 is 4.69. The normalized spacial score (nSPS) is 15.5. The molecule has 1 aliphatic heterocycles. The van der Waals surface area contributed by atoms with Crippen LogP contribution in [-0.2, 0) is 11.4 Å². The lowest BCUT2D eigenvalue weighted by Crippen LogP contribution is -2.23. The molecule has 3 aromatic rings. The Morgan fingerprint density at radius 3 is 2.44 bits per heavy atom. The topological polar surface area (TPSA) is 88.4 Å². The van der Waals surface area contributed by atoms with Crippen LogP contribution in [0.25, 0.3) is 6.08 Å². The standard InChI is InChI=1S/C27H23BrN2O5S/c1-3-34-23-14-18(6-13-22(23)35-16-17-4-9-20(28)10-5-17)15-24-25(31)30(2)27(36-24)29-21-11-7-19(8-12-21)26(32)33/h4-15H,3,16H2,1-2H3,(H,32,33). The van der Waals surface area contributed by atoms with Crippen molar-refractivity contribution in [1.29, 1.82) is 0 Å². The van der Waals surface area contributed by atoms with Gasteiger partial charge in [-0.1, -0.05) is 34.1 Å². The Bertz CT molecular complexity index is 1340. The summed E-state index contributed by atoms with van der Waals surface area (Å²) in [5.74, 6) is 0.0456. The van der Waals surface area contributed by atoms with E-state index in [9.17, 15) is 9.59 Å². The molecule has 9 heteroatoms. The first-order valence-corrected chi connectivity index (χ1v) is 12.7. The molecular formula is C27H23BrN2O5S. The molecular weight excluding hydrogens is 544 g/mol. The van der Waals surface area contributed by atoms with E-state index < -0.39 is 5.97 Å². The van der Waals surface area contributed by atoms with Crippen molar-refractivity contribution in [2.75, 3.05) is 13.7 Å². The minimum absolute atomic E-state index is 0.172. The lowest BCUT2D eigenvalue weighted by Gasteiger charge is -2.13. The number of nitrogens with zero attached hydrogens (tertiary/aromatic N) is 2. The number of rotatable bonds is 8. The molecule has 1 aliphatic rings. The molecule has 0 unspecified atom stereocenters. The summed E-state index contributed by atoms with van der Waals surface area (Å²) in [6, 6.07) is 19.7. The lowest BCUT2D eigenvalue weighted by molar-refractivity contribution is -0.121.